The maximum atomic E-state index is 11.7. The zero-order valence-corrected chi connectivity index (χ0v) is 9.63. The standard InChI is InChI=1S/C10H15NO3S/c1-7-5-8(2)10(6-9(7)11)15(13,14)4-3-12/h5-6,12H,3-4,11H2,1-2H3. The third-order valence-electron chi connectivity index (χ3n) is 2.26. The van der Waals surface area contributed by atoms with Crippen LogP contribution < -0.4 is 5.73 Å². The van der Waals surface area contributed by atoms with Crippen LogP contribution in [0.1, 0.15) is 11.1 Å². The monoisotopic (exact) mass is 229 g/mol. The Kier molecular flexibility index (Phi) is 3.36. The fourth-order valence-electron chi connectivity index (χ4n) is 1.41. The molecule has 0 radical (unpaired) electrons. The average Bonchev–Trinajstić information content (AvgIpc) is 2.11. The van der Waals surface area contributed by atoms with Crippen molar-refractivity contribution in [3.63, 3.8) is 0 Å². The summed E-state index contributed by atoms with van der Waals surface area (Å²) in [6, 6.07) is 3.19. The van der Waals surface area contributed by atoms with Crippen LogP contribution in [0.15, 0.2) is 17.0 Å². The molecule has 0 unspecified atom stereocenters. The van der Waals surface area contributed by atoms with Crippen LogP contribution in [0.5, 0.6) is 0 Å². The molecular weight excluding hydrogens is 214 g/mol. The number of hydrogen-bond acceptors (Lipinski definition) is 4. The summed E-state index contributed by atoms with van der Waals surface area (Å²) in [5.41, 5.74) is 7.63. The Bertz CT molecular complexity index is 466. The minimum Gasteiger partial charge on any atom is -0.398 e. The van der Waals surface area contributed by atoms with Crippen molar-refractivity contribution in [2.75, 3.05) is 18.1 Å². The van der Waals surface area contributed by atoms with Gasteiger partial charge >= 0.3 is 0 Å². The molecule has 0 atom stereocenters. The van der Waals surface area contributed by atoms with Gasteiger partial charge in [-0.3, -0.25) is 0 Å². The molecule has 0 aliphatic rings. The van der Waals surface area contributed by atoms with Gasteiger partial charge in [0.05, 0.1) is 17.3 Å². The third kappa shape index (κ3) is 2.49. The first-order valence-electron chi connectivity index (χ1n) is 4.59. The molecule has 84 valence electrons. The third-order valence-corrected chi connectivity index (χ3v) is 4.09. The van der Waals surface area contributed by atoms with E-state index in [0.29, 0.717) is 11.3 Å². The van der Waals surface area contributed by atoms with E-state index in [1.165, 1.54) is 6.07 Å². The molecule has 0 fully saturated rings. The Balaban J connectivity index is 3.33. The van der Waals surface area contributed by atoms with Gasteiger partial charge in [-0.05, 0) is 31.0 Å². The molecule has 1 aromatic rings. The lowest BCUT2D eigenvalue weighted by atomic mass is 10.1. The number of rotatable bonds is 3. The van der Waals surface area contributed by atoms with E-state index >= 15 is 0 Å². The van der Waals surface area contributed by atoms with Crippen LogP contribution in [0.25, 0.3) is 0 Å². The molecule has 0 aromatic heterocycles. The molecule has 4 nitrogen and oxygen atoms in total. The van der Waals surface area contributed by atoms with Crippen LogP contribution in [0.2, 0.25) is 0 Å². The molecule has 1 rings (SSSR count). The Morgan fingerprint density at radius 2 is 1.87 bits per heavy atom. The first-order chi connectivity index (χ1) is 6.88. The van der Waals surface area contributed by atoms with Crippen LogP contribution in [0.4, 0.5) is 5.69 Å². The van der Waals surface area contributed by atoms with Gasteiger partial charge in [-0.1, -0.05) is 6.07 Å². The Hall–Kier alpha value is -1.07. The summed E-state index contributed by atoms with van der Waals surface area (Å²) in [5.74, 6) is -0.268. The number of aryl methyl sites for hydroxylation is 2. The molecule has 15 heavy (non-hydrogen) atoms. The van der Waals surface area contributed by atoms with E-state index in [9.17, 15) is 8.42 Å². The van der Waals surface area contributed by atoms with Gasteiger partial charge in [0.2, 0.25) is 0 Å². The molecule has 0 aliphatic carbocycles. The van der Waals surface area contributed by atoms with Gasteiger partial charge in [-0.25, -0.2) is 8.42 Å². The van der Waals surface area contributed by atoms with Crippen LogP contribution in [-0.4, -0.2) is 25.9 Å². The van der Waals surface area contributed by atoms with Crippen LogP contribution in [-0.2, 0) is 9.84 Å². The summed E-state index contributed by atoms with van der Waals surface area (Å²) >= 11 is 0. The van der Waals surface area contributed by atoms with Crippen molar-refractivity contribution in [3.8, 4) is 0 Å². The Labute approximate surface area is 89.7 Å². The van der Waals surface area contributed by atoms with Gasteiger partial charge in [-0.15, -0.1) is 0 Å². The molecule has 5 heteroatoms. The Morgan fingerprint density at radius 1 is 1.27 bits per heavy atom. The molecule has 0 bridgehead atoms. The number of aliphatic hydroxyl groups excluding tert-OH is 1. The van der Waals surface area contributed by atoms with Crippen LogP contribution in [0.3, 0.4) is 0 Å². The van der Waals surface area contributed by atoms with E-state index in [4.69, 9.17) is 10.8 Å². The molecule has 0 heterocycles. The number of nitrogens with two attached hydrogens (primary N) is 1. The van der Waals surface area contributed by atoms with E-state index < -0.39 is 9.84 Å². The van der Waals surface area contributed by atoms with Gasteiger partial charge in [0, 0.05) is 5.69 Å². The summed E-state index contributed by atoms with van der Waals surface area (Å²) in [6.07, 6.45) is 0. The van der Waals surface area contributed by atoms with Gasteiger partial charge < -0.3 is 10.8 Å². The molecular formula is C10H15NO3S. The van der Waals surface area contributed by atoms with Crippen molar-refractivity contribution in [2.24, 2.45) is 0 Å². The summed E-state index contributed by atoms with van der Waals surface area (Å²) < 4.78 is 23.4. The molecule has 1 aromatic carbocycles. The molecule has 0 amide bonds. The fourth-order valence-corrected chi connectivity index (χ4v) is 2.73. The number of hydrogen-bond donors (Lipinski definition) is 2. The molecule has 0 aliphatic heterocycles. The predicted octanol–water partition coefficient (Wildman–Crippen LogP) is 0.652. The lowest BCUT2D eigenvalue weighted by Crippen LogP contribution is -2.12. The predicted molar refractivity (Wildman–Crippen MR) is 59.5 cm³/mol. The van der Waals surface area contributed by atoms with Crippen LogP contribution >= 0.6 is 0 Å². The maximum Gasteiger partial charge on any atom is 0.180 e. The second-order valence-electron chi connectivity index (χ2n) is 3.52. The summed E-state index contributed by atoms with van der Waals surface area (Å²) in [4.78, 5) is 0.208. The highest BCUT2D eigenvalue weighted by Crippen LogP contribution is 2.22. The second-order valence-corrected chi connectivity index (χ2v) is 5.59. The largest absolute Gasteiger partial charge is 0.398 e. The number of nitrogen functional groups attached to an aromatic ring is 1. The van der Waals surface area contributed by atoms with E-state index in [1.807, 2.05) is 6.92 Å². The topological polar surface area (TPSA) is 80.4 Å². The maximum absolute atomic E-state index is 11.7. The number of anilines is 1. The first-order valence-corrected chi connectivity index (χ1v) is 6.24. The smallest absolute Gasteiger partial charge is 0.180 e. The first kappa shape index (κ1) is 12.0. The van der Waals surface area contributed by atoms with Crippen molar-refractivity contribution in [1.29, 1.82) is 0 Å². The highest BCUT2D eigenvalue weighted by molar-refractivity contribution is 7.91. The minimum atomic E-state index is -3.41. The van der Waals surface area contributed by atoms with Gasteiger partial charge in [0.1, 0.15) is 0 Å². The second kappa shape index (κ2) is 4.20. The van der Waals surface area contributed by atoms with Crippen LogP contribution in [0, 0.1) is 13.8 Å². The van der Waals surface area contributed by atoms with Gasteiger partial charge in [-0.2, -0.15) is 0 Å². The normalized spacial score (nSPS) is 11.7. The van der Waals surface area contributed by atoms with Crippen molar-refractivity contribution in [2.45, 2.75) is 18.7 Å². The highest BCUT2D eigenvalue weighted by atomic mass is 32.2. The van der Waals surface area contributed by atoms with Crippen molar-refractivity contribution in [3.05, 3.63) is 23.3 Å². The lowest BCUT2D eigenvalue weighted by molar-refractivity contribution is 0.319. The average molecular weight is 229 g/mol. The molecule has 3 N–H and O–H groups in total. The SMILES string of the molecule is Cc1cc(C)c(S(=O)(=O)CCO)cc1N. The van der Waals surface area contributed by atoms with E-state index in [-0.39, 0.29) is 17.3 Å². The van der Waals surface area contributed by atoms with Gasteiger partial charge in [0.25, 0.3) is 0 Å². The zero-order valence-electron chi connectivity index (χ0n) is 8.82. The van der Waals surface area contributed by atoms with E-state index in [1.54, 1.807) is 13.0 Å². The summed E-state index contributed by atoms with van der Waals surface area (Å²) in [7, 11) is -3.41. The molecule has 0 spiro atoms. The zero-order chi connectivity index (χ0) is 11.6. The number of sulfone groups is 1. The highest BCUT2D eigenvalue weighted by Gasteiger charge is 2.17. The fraction of sp³-hybridized carbons (Fsp3) is 0.400. The minimum absolute atomic E-state index is 0.208. The van der Waals surface area contributed by atoms with E-state index in [2.05, 4.69) is 0 Å². The number of aliphatic hydroxyl groups is 1. The summed E-state index contributed by atoms with van der Waals surface area (Å²) in [5, 5.41) is 8.67. The lowest BCUT2D eigenvalue weighted by Gasteiger charge is -2.09. The summed E-state index contributed by atoms with van der Waals surface area (Å²) in [6.45, 7) is 3.16. The molecule has 0 saturated heterocycles. The van der Waals surface area contributed by atoms with Crippen molar-refractivity contribution in [1.82, 2.24) is 0 Å². The van der Waals surface area contributed by atoms with Crippen molar-refractivity contribution < 1.29 is 13.5 Å². The van der Waals surface area contributed by atoms with Gasteiger partial charge in [0.15, 0.2) is 9.84 Å². The van der Waals surface area contributed by atoms with Crippen molar-refractivity contribution >= 4 is 15.5 Å². The van der Waals surface area contributed by atoms with E-state index in [0.717, 1.165) is 5.56 Å². The molecule has 0 saturated carbocycles. The quantitative estimate of drug-likeness (QED) is 0.746. The Morgan fingerprint density at radius 3 is 2.40 bits per heavy atom. The number of benzene rings is 1.